The minimum absolute atomic E-state index is 0.124. The number of aliphatic hydroxyl groups excluding tert-OH is 1. The molecule has 0 fully saturated rings. The van der Waals surface area contributed by atoms with E-state index in [1.165, 1.54) is 6.20 Å². The Morgan fingerprint density at radius 1 is 1.50 bits per heavy atom. The number of carbonyl (C=O) groups is 1. The first-order valence-electron chi connectivity index (χ1n) is 7.32. The summed E-state index contributed by atoms with van der Waals surface area (Å²) in [6, 6.07) is 0.975. The maximum atomic E-state index is 11.7. The van der Waals surface area contributed by atoms with Gasteiger partial charge >= 0.3 is 6.09 Å². The van der Waals surface area contributed by atoms with Crippen molar-refractivity contribution >= 4 is 11.8 Å². The number of amides is 1. The highest BCUT2D eigenvalue weighted by Gasteiger charge is 2.33. The number of hydrogen-bond donors (Lipinski definition) is 3. The fourth-order valence-electron chi connectivity index (χ4n) is 1.85. The summed E-state index contributed by atoms with van der Waals surface area (Å²) in [5, 5.41) is 12.8. The van der Waals surface area contributed by atoms with E-state index in [0.717, 1.165) is 0 Å². The Balaban J connectivity index is 0.00000116. The van der Waals surface area contributed by atoms with Crippen molar-refractivity contribution in [1.82, 2.24) is 10.3 Å². The summed E-state index contributed by atoms with van der Waals surface area (Å²) in [7, 11) is 0. The van der Waals surface area contributed by atoms with E-state index in [1.807, 2.05) is 13.8 Å². The lowest BCUT2D eigenvalue weighted by Gasteiger charge is -2.30. The summed E-state index contributed by atoms with van der Waals surface area (Å²) in [6.07, 6.45) is -0.141. The molecule has 1 unspecified atom stereocenters. The van der Waals surface area contributed by atoms with Gasteiger partial charge in [0.1, 0.15) is 29.8 Å². The van der Waals surface area contributed by atoms with Gasteiger partial charge in [0.25, 0.3) is 0 Å². The molecular formula is C15H25N3O4. The number of aliphatic hydroxyl groups is 1. The van der Waals surface area contributed by atoms with E-state index < -0.39 is 23.8 Å². The number of nitrogens with two attached hydrogens (primary N) is 1. The summed E-state index contributed by atoms with van der Waals surface area (Å²) >= 11 is 0. The molecule has 4 N–H and O–H groups in total. The lowest BCUT2D eigenvalue weighted by atomic mass is 10.0. The Morgan fingerprint density at radius 3 is 2.73 bits per heavy atom. The number of hydrogen-bond acceptors (Lipinski definition) is 6. The molecule has 1 amide bonds. The summed E-state index contributed by atoms with van der Waals surface area (Å²) < 4.78 is 10.6. The van der Waals surface area contributed by atoms with Crippen LogP contribution in [0.3, 0.4) is 0 Å². The molecule has 2 rings (SSSR count). The molecule has 1 aromatic heterocycles. The molecule has 124 valence electrons. The van der Waals surface area contributed by atoms with Crippen molar-refractivity contribution in [1.29, 1.82) is 0 Å². The van der Waals surface area contributed by atoms with E-state index in [4.69, 9.17) is 15.2 Å². The number of nitrogen functional groups attached to an aromatic ring is 1. The van der Waals surface area contributed by atoms with Crippen molar-refractivity contribution in [3.8, 4) is 5.75 Å². The zero-order chi connectivity index (χ0) is 16.9. The summed E-state index contributed by atoms with van der Waals surface area (Å²) in [6.45, 7) is 9.42. The zero-order valence-electron chi connectivity index (χ0n) is 13.7. The predicted octanol–water partition coefficient (Wildman–Crippen LogP) is 2.01. The van der Waals surface area contributed by atoms with Gasteiger partial charge in [0.2, 0.25) is 0 Å². The van der Waals surface area contributed by atoms with Crippen LogP contribution in [0.2, 0.25) is 0 Å². The van der Waals surface area contributed by atoms with Gasteiger partial charge in [0.15, 0.2) is 0 Å². The van der Waals surface area contributed by atoms with Gasteiger partial charge in [-0.3, -0.25) is 4.98 Å². The quantitative estimate of drug-likeness (QED) is 0.732. The molecule has 7 nitrogen and oxygen atoms in total. The smallest absolute Gasteiger partial charge is 0.408 e. The van der Waals surface area contributed by atoms with Crippen LogP contribution in [0.5, 0.6) is 5.75 Å². The standard InChI is InChI=1S/C13H19N3O4.C2H6/c1-13(2,3)20-12(18)16-8-6-19-9-4-7(14)5-15-10(9)11(8)17;1-2/h4-5,8,11,17H,6,14H2,1-3H3,(H,16,18);1-2H3/t8?,11-;/m1./s1. The van der Waals surface area contributed by atoms with E-state index in [0.29, 0.717) is 17.1 Å². The topological polar surface area (TPSA) is 107 Å². The Morgan fingerprint density at radius 2 is 2.14 bits per heavy atom. The lowest BCUT2D eigenvalue weighted by Crippen LogP contribution is -2.47. The van der Waals surface area contributed by atoms with Crippen molar-refractivity contribution in [2.75, 3.05) is 12.3 Å². The SMILES string of the molecule is CC.CC(C)(C)OC(=O)NC1COc2cc(N)cnc2[C@@H]1O. The van der Waals surface area contributed by atoms with E-state index in [1.54, 1.807) is 26.8 Å². The van der Waals surface area contributed by atoms with E-state index >= 15 is 0 Å². The minimum Gasteiger partial charge on any atom is -0.489 e. The van der Waals surface area contributed by atoms with Crippen LogP contribution in [0.1, 0.15) is 46.4 Å². The molecule has 0 saturated carbocycles. The normalized spacial score (nSPS) is 19.9. The molecule has 1 aliphatic rings. The number of nitrogens with one attached hydrogen (secondary N) is 1. The third-order valence-corrected chi connectivity index (χ3v) is 2.68. The van der Waals surface area contributed by atoms with Crippen molar-refractivity contribution < 1.29 is 19.4 Å². The molecule has 2 heterocycles. The first-order valence-corrected chi connectivity index (χ1v) is 7.32. The number of rotatable bonds is 1. The van der Waals surface area contributed by atoms with Crippen LogP contribution in [-0.4, -0.2) is 34.4 Å². The van der Waals surface area contributed by atoms with E-state index in [9.17, 15) is 9.90 Å². The monoisotopic (exact) mass is 311 g/mol. The van der Waals surface area contributed by atoms with Crippen LogP contribution in [0.4, 0.5) is 10.5 Å². The molecule has 0 spiro atoms. The molecule has 2 atom stereocenters. The number of anilines is 1. The molecule has 0 aromatic carbocycles. The van der Waals surface area contributed by atoms with Crippen LogP contribution in [-0.2, 0) is 4.74 Å². The van der Waals surface area contributed by atoms with Crippen LogP contribution in [0, 0.1) is 0 Å². The fourth-order valence-corrected chi connectivity index (χ4v) is 1.85. The van der Waals surface area contributed by atoms with Crippen LogP contribution < -0.4 is 15.8 Å². The molecule has 0 radical (unpaired) electrons. The highest BCUT2D eigenvalue weighted by molar-refractivity contribution is 5.68. The van der Waals surface area contributed by atoms with Gasteiger partial charge in [-0.1, -0.05) is 13.8 Å². The second-order valence-corrected chi connectivity index (χ2v) is 5.66. The predicted molar refractivity (Wildman–Crippen MR) is 83.6 cm³/mol. The lowest BCUT2D eigenvalue weighted by molar-refractivity contribution is 0.0298. The van der Waals surface area contributed by atoms with E-state index in [-0.39, 0.29) is 6.61 Å². The van der Waals surface area contributed by atoms with Gasteiger partial charge < -0.3 is 25.6 Å². The molecule has 22 heavy (non-hydrogen) atoms. The second-order valence-electron chi connectivity index (χ2n) is 5.66. The maximum absolute atomic E-state index is 11.7. The number of ether oxygens (including phenoxy) is 2. The van der Waals surface area contributed by atoms with Crippen molar-refractivity contribution in [2.45, 2.75) is 52.4 Å². The molecular weight excluding hydrogens is 286 g/mol. The van der Waals surface area contributed by atoms with Crippen LogP contribution >= 0.6 is 0 Å². The highest BCUT2D eigenvalue weighted by atomic mass is 16.6. The number of fused-ring (bicyclic) bond motifs is 1. The Hall–Kier alpha value is -2.02. The third-order valence-electron chi connectivity index (χ3n) is 2.68. The van der Waals surface area contributed by atoms with Gasteiger partial charge in [-0.05, 0) is 20.8 Å². The highest BCUT2D eigenvalue weighted by Crippen LogP contribution is 2.31. The molecule has 1 aliphatic heterocycles. The number of carbonyl (C=O) groups excluding carboxylic acids is 1. The summed E-state index contributed by atoms with van der Waals surface area (Å²) in [5.41, 5.74) is 5.80. The number of nitrogens with zero attached hydrogens (tertiary/aromatic N) is 1. The van der Waals surface area contributed by atoms with Crippen molar-refractivity contribution in [3.05, 3.63) is 18.0 Å². The van der Waals surface area contributed by atoms with Gasteiger partial charge in [0.05, 0.1) is 17.9 Å². The first kappa shape index (κ1) is 18.0. The molecule has 0 aliphatic carbocycles. The molecule has 1 aromatic rings. The van der Waals surface area contributed by atoms with Gasteiger partial charge in [-0.25, -0.2) is 4.79 Å². The minimum atomic E-state index is -0.966. The van der Waals surface area contributed by atoms with Crippen molar-refractivity contribution in [3.63, 3.8) is 0 Å². The Bertz CT molecular complexity index is 514. The average molecular weight is 311 g/mol. The fraction of sp³-hybridized carbons (Fsp3) is 0.600. The number of aromatic nitrogens is 1. The summed E-state index contributed by atoms with van der Waals surface area (Å²) in [4.78, 5) is 15.7. The van der Waals surface area contributed by atoms with Gasteiger partial charge in [-0.2, -0.15) is 0 Å². The number of pyridine rings is 1. The average Bonchev–Trinajstić information content (AvgIpc) is 2.42. The van der Waals surface area contributed by atoms with Crippen molar-refractivity contribution in [2.24, 2.45) is 0 Å². The number of alkyl carbamates (subject to hydrolysis) is 1. The first-order chi connectivity index (χ1) is 10.3. The second kappa shape index (κ2) is 7.31. The van der Waals surface area contributed by atoms with Gasteiger partial charge in [-0.15, -0.1) is 0 Å². The summed E-state index contributed by atoms with van der Waals surface area (Å²) in [5.74, 6) is 0.430. The van der Waals surface area contributed by atoms with Crippen LogP contribution in [0.25, 0.3) is 0 Å². The van der Waals surface area contributed by atoms with E-state index in [2.05, 4.69) is 10.3 Å². The third kappa shape index (κ3) is 4.77. The largest absolute Gasteiger partial charge is 0.489 e. The zero-order valence-corrected chi connectivity index (χ0v) is 13.7. The molecule has 0 bridgehead atoms. The maximum Gasteiger partial charge on any atom is 0.408 e. The Kier molecular flexibility index (Phi) is 5.99. The van der Waals surface area contributed by atoms with Crippen LogP contribution in [0.15, 0.2) is 12.3 Å². The van der Waals surface area contributed by atoms with Gasteiger partial charge in [0, 0.05) is 6.07 Å². The Labute approximate surface area is 130 Å². The molecule has 7 heteroatoms. The molecule has 0 saturated heterocycles.